The molecule has 2 saturated carbocycles. The average Bonchev–Trinajstić information content (AvgIpc) is 3.49. The molecule has 6 saturated heterocycles. The van der Waals surface area contributed by atoms with E-state index in [2.05, 4.69) is 0 Å². The van der Waals surface area contributed by atoms with Crippen LogP contribution in [0.3, 0.4) is 0 Å². The zero-order valence-corrected chi connectivity index (χ0v) is 23.5. The highest BCUT2D eigenvalue weighted by Gasteiger charge is 2.86. The minimum Gasteiger partial charge on any atom is -0.459 e. The van der Waals surface area contributed by atoms with Gasteiger partial charge < -0.3 is 39.0 Å². The molecule has 8 fully saturated rings. The van der Waals surface area contributed by atoms with E-state index in [1.54, 1.807) is 13.8 Å². The van der Waals surface area contributed by atoms with Crippen LogP contribution in [0.5, 0.6) is 0 Å². The van der Waals surface area contributed by atoms with Crippen LogP contribution in [0, 0.1) is 35.0 Å². The second kappa shape index (κ2) is 7.39. The maximum atomic E-state index is 14.4. The summed E-state index contributed by atoms with van der Waals surface area (Å²) in [7, 11) is 0. The smallest absolute Gasteiger partial charge is 0.311 e. The first-order valence-corrected chi connectivity index (χ1v) is 14.7. The number of ketones is 2. The lowest BCUT2D eigenvalue weighted by molar-refractivity contribution is -0.368. The van der Waals surface area contributed by atoms with Gasteiger partial charge in [0.25, 0.3) is 0 Å². The molecular formula is C29H36O12. The van der Waals surface area contributed by atoms with Crippen LogP contribution in [0.4, 0.5) is 0 Å². The lowest BCUT2D eigenvalue weighted by Gasteiger charge is -2.52. The molecule has 2 bridgehead atoms. The molecule has 12 heteroatoms. The van der Waals surface area contributed by atoms with Crippen LogP contribution in [-0.4, -0.2) is 98.0 Å². The van der Waals surface area contributed by atoms with Crippen molar-refractivity contribution in [1.82, 2.24) is 0 Å². The van der Waals surface area contributed by atoms with Gasteiger partial charge in [0.15, 0.2) is 5.78 Å². The van der Waals surface area contributed by atoms with Crippen molar-refractivity contribution in [2.75, 3.05) is 6.61 Å². The van der Waals surface area contributed by atoms with Crippen molar-refractivity contribution >= 4 is 23.5 Å². The summed E-state index contributed by atoms with van der Waals surface area (Å²) in [5.41, 5.74) is -7.47. The molecule has 0 aromatic rings. The van der Waals surface area contributed by atoms with Gasteiger partial charge in [0.05, 0.1) is 35.6 Å². The number of fused-ring (bicyclic) bond motifs is 2. The van der Waals surface area contributed by atoms with E-state index in [0.29, 0.717) is 12.8 Å². The predicted octanol–water partition coefficient (Wildman–Crippen LogP) is -0.430. The summed E-state index contributed by atoms with van der Waals surface area (Å²) < 4.78 is 31.6. The van der Waals surface area contributed by atoms with Crippen molar-refractivity contribution in [2.45, 2.75) is 112 Å². The topological polar surface area (TPSA) is 175 Å². The first kappa shape index (κ1) is 26.7. The molecule has 2 aliphatic carbocycles. The number of carbonyl (C=O) groups excluding carboxylic acids is 4. The van der Waals surface area contributed by atoms with Crippen molar-refractivity contribution in [1.29, 1.82) is 0 Å². The Hall–Kier alpha value is -1.96. The Morgan fingerprint density at radius 2 is 1.76 bits per heavy atom. The SMILES string of the molecule is C[C@@H]1C(=O)O[C@H]2[C@@H]1O[C@]13O[C@@]4(CC(=O)[C@]5(C)C(=O)[C@](C)(O)[C@H]2[C@@H]51)C[C@]12OC(=O)C[C@H]1O[C@@](C)(CO)[C@@H]2CC[C@H]4[C@H]3O. The third kappa shape index (κ3) is 2.67. The number of ether oxygens (including phenoxy) is 5. The molecule has 6 heterocycles. The molecule has 41 heavy (non-hydrogen) atoms. The fourth-order valence-electron chi connectivity index (χ4n) is 10.8. The summed E-state index contributed by atoms with van der Waals surface area (Å²) in [4.78, 5) is 53.9. The van der Waals surface area contributed by atoms with Crippen molar-refractivity contribution in [3.63, 3.8) is 0 Å². The fraction of sp³-hybridized carbons (Fsp3) is 0.862. The first-order valence-electron chi connectivity index (χ1n) is 14.7. The summed E-state index contributed by atoms with van der Waals surface area (Å²) in [6, 6.07) is 0. The predicted molar refractivity (Wildman–Crippen MR) is 131 cm³/mol. The van der Waals surface area contributed by atoms with E-state index in [1.807, 2.05) is 0 Å². The van der Waals surface area contributed by atoms with E-state index >= 15 is 0 Å². The van der Waals surface area contributed by atoms with Crippen molar-refractivity contribution < 1.29 is 58.2 Å². The Balaban J connectivity index is 1.33. The van der Waals surface area contributed by atoms with Crippen LogP contribution in [0.25, 0.3) is 0 Å². The average molecular weight is 577 g/mol. The molecule has 0 unspecified atom stereocenters. The minimum absolute atomic E-state index is 0.00632. The number of Topliss-reactive ketones (excluding diaryl/α,β-unsaturated/α-hetero) is 2. The van der Waals surface area contributed by atoms with Crippen LogP contribution in [0.1, 0.15) is 59.8 Å². The van der Waals surface area contributed by atoms with Gasteiger partial charge in [-0.1, -0.05) is 0 Å². The van der Waals surface area contributed by atoms with Gasteiger partial charge in [-0.2, -0.15) is 0 Å². The van der Waals surface area contributed by atoms with Gasteiger partial charge in [-0.15, -0.1) is 0 Å². The molecule has 12 nitrogen and oxygen atoms in total. The van der Waals surface area contributed by atoms with Crippen LogP contribution in [0.2, 0.25) is 0 Å². The summed E-state index contributed by atoms with van der Waals surface area (Å²) in [5, 5.41) is 34.3. The van der Waals surface area contributed by atoms with Crippen LogP contribution in [-0.2, 0) is 42.9 Å². The van der Waals surface area contributed by atoms with Gasteiger partial charge in [0, 0.05) is 36.5 Å². The van der Waals surface area contributed by atoms with Gasteiger partial charge in [-0.25, -0.2) is 0 Å². The third-order valence-electron chi connectivity index (χ3n) is 12.6. The zero-order chi connectivity index (χ0) is 29.3. The fourth-order valence-corrected chi connectivity index (χ4v) is 10.8. The minimum atomic E-state index is -2.05. The highest BCUT2D eigenvalue weighted by molar-refractivity contribution is 6.13. The third-order valence-corrected chi connectivity index (χ3v) is 12.6. The van der Waals surface area contributed by atoms with Crippen LogP contribution >= 0.6 is 0 Å². The molecule has 15 atom stereocenters. The molecule has 8 rings (SSSR count). The lowest BCUT2D eigenvalue weighted by atomic mass is 9.60. The lowest BCUT2D eigenvalue weighted by Crippen LogP contribution is -2.66. The summed E-state index contributed by atoms with van der Waals surface area (Å²) in [5.74, 6) is -8.14. The van der Waals surface area contributed by atoms with E-state index in [4.69, 9.17) is 23.7 Å². The molecule has 0 radical (unpaired) electrons. The molecule has 224 valence electrons. The largest absolute Gasteiger partial charge is 0.459 e. The quantitative estimate of drug-likeness (QED) is 0.272. The second-order valence-electron chi connectivity index (χ2n) is 14.5. The monoisotopic (exact) mass is 576 g/mol. The van der Waals surface area contributed by atoms with Crippen LogP contribution < -0.4 is 0 Å². The van der Waals surface area contributed by atoms with E-state index in [-0.39, 0.29) is 25.9 Å². The Morgan fingerprint density at radius 3 is 2.46 bits per heavy atom. The number of aliphatic hydroxyl groups excluding tert-OH is 2. The Morgan fingerprint density at radius 1 is 1.02 bits per heavy atom. The Bertz CT molecular complexity index is 1310. The number of hydrogen-bond donors (Lipinski definition) is 3. The number of esters is 2. The summed E-state index contributed by atoms with van der Waals surface area (Å²) >= 11 is 0. The normalized spacial score (nSPS) is 61.8. The molecule has 3 N–H and O–H groups in total. The highest BCUT2D eigenvalue weighted by Crippen LogP contribution is 2.72. The molecule has 0 aromatic carbocycles. The van der Waals surface area contributed by atoms with Crippen molar-refractivity contribution in [3.8, 4) is 0 Å². The molecule has 6 aliphatic heterocycles. The molecule has 3 spiro atoms. The number of hydrogen-bond acceptors (Lipinski definition) is 12. The van der Waals surface area contributed by atoms with Gasteiger partial charge in [-0.3, -0.25) is 19.2 Å². The van der Waals surface area contributed by atoms with Crippen molar-refractivity contribution in [2.24, 2.45) is 35.0 Å². The summed E-state index contributed by atoms with van der Waals surface area (Å²) in [6.45, 7) is 5.92. The summed E-state index contributed by atoms with van der Waals surface area (Å²) in [6.07, 6.45) is -3.50. The number of carbonyl (C=O) groups is 4. The number of aliphatic hydroxyl groups is 3. The first-order chi connectivity index (χ1) is 19.1. The maximum Gasteiger partial charge on any atom is 0.311 e. The molecule has 0 aromatic heterocycles. The van der Waals surface area contributed by atoms with Gasteiger partial charge in [-0.05, 0) is 40.5 Å². The van der Waals surface area contributed by atoms with E-state index in [1.165, 1.54) is 13.8 Å². The zero-order valence-electron chi connectivity index (χ0n) is 23.5. The van der Waals surface area contributed by atoms with Gasteiger partial charge >= 0.3 is 11.9 Å². The van der Waals surface area contributed by atoms with E-state index in [0.717, 1.165) is 0 Å². The van der Waals surface area contributed by atoms with Gasteiger partial charge in [0.2, 0.25) is 5.79 Å². The molecular weight excluding hydrogens is 540 g/mol. The van der Waals surface area contributed by atoms with Crippen molar-refractivity contribution in [3.05, 3.63) is 0 Å². The van der Waals surface area contributed by atoms with Gasteiger partial charge in [0.1, 0.15) is 41.4 Å². The molecule has 8 aliphatic rings. The van der Waals surface area contributed by atoms with E-state index in [9.17, 15) is 34.5 Å². The van der Waals surface area contributed by atoms with E-state index < -0.39 is 111 Å². The molecule has 0 amide bonds. The number of rotatable bonds is 1. The Labute approximate surface area is 236 Å². The van der Waals surface area contributed by atoms with Crippen LogP contribution in [0.15, 0.2) is 0 Å². The maximum absolute atomic E-state index is 14.4. The highest BCUT2D eigenvalue weighted by atomic mass is 16.7. The standard InChI is InChI=1S/C29H36O12/c1-11-18-19(37-22(11)34)17-20-25(3,23(35)26(17,4)36)14(31)8-27-9-28-13(6-5-12(27)21(33)29(20,40-18)41-27)24(2,10-30)38-15(28)7-16(32)39-28/h11-13,15,17-21,30,33,36H,5-10H2,1-4H3/t11-,12-,13-,15+,17+,18+,19+,20-,21+,24-,25-,26+,27-,28+,29-/m0/s1. The Kier molecular flexibility index (Phi) is 4.80. The second-order valence-corrected chi connectivity index (χ2v) is 14.5.